The number of carboxylic acids is 1. The SMILES string of the molecule is COc1ccc(C(=O)NC2CCCc3c2cnn3C)cc1OCC(=O)O. The zero-order valence-corrected chi connectivity index (χ0v) is 14.7. The van der Waals surface area contributed by atoms with Crippen LogP contribution in [0.15, 0.2) is 24.4 Å². The van der Waals surface area contributed by atoms with Gasteiger partial charge in [-0.1, -0.05) is 0 Å². The summed E-state index contributed by atoms with van der Waals surface area (Å²) in [4.78, 5) is 23.4. The highest BCUT2D eigenvalue weighted by atomic mass is 16.5. The van der Waals surface area contributed by atoms with E-state index in [0.717, 1.165) is 30.5 Å². The smallest absolute Gasteiger partial charge is 0.341 e. The summed E-state index contributed by atoms with van der Waals surface area (Å²) in [5, 5.41) is 16.1. The molecule has 1 aromatic carbocycles. The number of ether oxygens (including phenoxy) is 2. The van der Waals surface area contributed by atoms with Crippen molar-refractivity contribution in [2.24, 2.45) is 7.05 Å². The number of nitrogens with one attached hydrogen (secondary N) is 1. The van der Waals surface area contributed by atoms with Crippen LogP contribution in [0.25, 0.3) is 0 Å². The number of rotatable bonds is 6. The van der Waals surface area contributed by atoms with Gasteiger partial charge < -0.3 is 19.9 Å². The van der Waals surface area contributed by atoms with Crippen molar-refractivity contribution in [3.8, 4) is 11.5 Å². The first kappa shape index (κ1) is 17.8. The summed E-state index contributed by atoms with van der Waals surface area (Å²) >= 11 is 0. The Morgan fingerprint density at radius 2 is 2.19 bits per heavy atom. The highest BCUT2D eigenvalue weighted by molar-refractivity contribution is 5.95. The minimum Gasteiger partial charge on any atom is -0.493 e. The zero-order valence-electron chi connectivity index (χ0n) is 14.7. The maximum atomic E-state index is 12.7. The van der Waals surface area contributed by atoms with Gasteiger partial charge in [0.1, 0.15) is 0 Å². The van der Waals surface area contributed by atoms with Crippen LogP contribution in [0.3, 0.4) is 0 Å². The standard InChI is InChI=1S/C18H21N3O5/c1-21-14-5-3-4-13(12(14)9-19-21)20-18(24)11-6-7-15(25-2)16(8-11)26-10-17(22)23/h6-9,13H,3-5,10H2,1-2H3,(H,20,24)(H,22,23). The van der Waals surface area contributed by atoms with E-state index in [9.17, 15) is 9.59 Å². The summed E-state index contributed by atoms with van der Waals surface area (Å²) < 4.78 is 12.2. The van der Waals surface area contributed by atoms with Crippen LogP contribution in [0.1, 0.15) is 40.5 Å². The molecule has 3 rings (SSSR count). The Kier molecular flexibility index (Phi) is 5.11. The molecule has 0 saturated heterocycles. The lowest BCUT2D eigenvalue weighted by Crippen LogP contribution is -2.31. The summed E-state index contributed by atoms with van der Waals surface area (Å²) in [6.07, 6.45) is 4.58. The van der Waals surface area contributed by atoms with Crippen LogP contribution in [0.5, 0.6) is 11.5 Å². The van der Waals surface area contributed by atoms with Gasteiger partial charge in [-0.3, -0.25) is 9.48 Å². The summed E-state index contributed by atoms with van der Waals surface area (Å²) in [6, 6.07) is 4.60. The second-order valence-corrected chi connectivity index (χ2v) is 6.14. The number of nitrogens with zero attached hydrogens (tertiary/aromatic N) is 2. The number of methoxy groups -OCH3 is 1. The Bertz CT molecular complexity index is 830. The van der Waals surface area contributed by atoms with Crippen molar-refractivity contribution in [1.29, 1.82) is 0 Å². The van der Waals surface area contributed by atoms with Crippen molar-refractivity contribution in [3.63, 3.8) is 0 Å². The van der Waals surface area contributed by atoms with Crippen LogP contribution in [0.2, 0.25) is 0 Å². The summed E-state index contributed by atoms with van der Waals surface area (Å²) in [6.45, 7) is -0.511. The van der Waals surface area contributed by atoms with Crippen molar-refractivity contribution < 1.29 is 24.2 Å². The molecule has 1 heterocycles. The summed E-state index contributed by atoms with van der Waals surface area (Å²) in [7, 11) is 3.35. The maximum absolute atomic E-state index is 12.7. The molecule has 0 bridgehead atoms. The van der Waals surface area contributed by atoms with Gasteiger partial charge in [0.2, 0.25) is 0 Å². The molecule has 0 spiro atoms. The predicted molar refractivity (Wildman–Crippen MR) is 92.5 cm³/mol. The van der Waals surface area contributed by atoms with Gasteiger partial charge in [0, 0.05) is 23.9 Å². The van der Waals surface area contributed by atoms with E-state index in [2.05, 4.69) is 10.4 Å². The largest absolute Gasteiger partial charge is 0.493 e. The predicted octanol–water partition coefficient (Wildman–Crippen LogP) is 1.70. The quantitative estimate of drug-likeness (QED) is 0.814. The molecule has 0 saturated carbocycles. The van der Waals surface area contributed by atoms with E-state index in [1.807, 2.05) is 11.7 Å². The number of fused-ring (bicyclic) bond motifs is 1. The summed E-state index contributed by atoms with van der Waals surface area (Å²) in [5.41, 5.74) is 2.56. The summed E-state index contributed by atoms with van der Waals surface area (Å²) in [5.74, 6) is -0.772. The van der Waals surface area contributed by atoms with Gasteiger partial charge in [-0.2, -0.15) is 5.10 Å². The Hall–Kier alpha value is -3.03. The number of carbonyl (C=O) groups is 2. The fourth-order valence-electron chi connectivity index (χ4n) is 3.17. The van der Waals surface area contributed by atoms with Gasteiger partial charge in [-0.05, 0) is 37.5 Å². The van der Waals surface area contributed by atoms with Crippen molar-refractivity contribution in [2.45, 2.75) is 25.3 Å². The minimum atomic E-state index is -1.10. The van der Waals surface area contributed by atoms with Gasteiger partial charge in [0.05, 0.1) is 19.3 Å². The van der Waals surface area contributed by atoms with E-state index in [0.29, 0.717) is 11.3 Å². The Morgan fingerprint density at radius 3 is 2.92 bits per heavy atom. The molecule has 0 fully saturated rings. The molecule has 2 N–H and O–H groups in total. The number of carbonyl (C=O) groups excluding carboxylic acids is 1. The van der Waals surface area contributed by atoms with E-state index >= 15 is 0 Å². The van der Waals surface area contributed by atoms with Crippen molar-refractivity contribution in [3.05, 3.63) is 41.2 Å². The van der Waals surface area contributed by atoms with Gasteiger partial charge in [0.15, 0.2) is 18.1 Å². The average Bonchev–Trinajstić information content (AvgIpc) is 3.02. The second kappa shape index (κ2) is 7.47. The third-order valence-electron chi connectivity index (χ3n) is 4.46. The van der Waals surface area contributed by atoms with Crippen LogP contribution in [0, 0.1) is 0 Å². The number of amides is 1. The number of aryl methyl sites for hydroxylation is 1. The molecular weight excluding hydrogens is 338 g/mol. The fraction of sp³-hybridized carbons (Fsp3) is 0.389. The molecule has 8 heteroatoms. The first-order valence-electron chi connectivity index (χ1n) is 8.34. The minimum absolute atomic E-state index is 0.0922. The van der Waals surface area contributed by atoms with Gasteiger partial charge in [-0.25, -0.2) is 4.79 Å². The molecule has 138 valence electrons. The number of aliphatic carboxylic acids is 1. The Labute approximate surface area is 150 Å². The van der Waals surface area contributed by atoms with Crippen molar-refractivity contribution >= 4 is 11.9 Å². The topological polar surface area (TPSA) is 103 Å². The van der Waals surface area contributed by atoms with Crippen LogP contribution >= 0.6 is 0 Å². The third-order valence-corrected chi connectivity index (χ3v) is 4.46. The van der Waals surface area contributed by atoms with E-state index in [1.54, 1.807) is 18.3 Å². The first-order chi connectivity index (χ1) is 12.5. The van der Waals surface area contributed by atoms with Crippen LogP contribution in [-0.4, -0.2) is 40.5 Å². The van der Waals surface area contributed by atoms with E-state index in [4.69, 9.17) is 14.6 Å². The first-order valence-corrected chi connectivity index (χ1v) is 8.34. The number of hydrogen-bond donors (Lipinski definition) is 2. The van der Waals surface area contributed by atoms with Gasteiger partial charge in [0.25, 0.3) is 5.91 Å². The van der Waals surface area contributed by atoms with E-state index in [-0.39, 0.29) is 17.7 Å². The van der Waals surface area contributed by atoms with Gasteiger partial charge in [-0.15, -0.1) is 0 Å². The van der Waals surface area contributed by atoms with Gasteiger partial charge >= 0.3 is 5.97 Å². The maximum Gasteiger partial charge on any atom is 0.341 e. The molecular formula is C18H21N3O5. The number of aromatic nitrogens is 2. The lowest BCUT2D eigenvalue weighted by atomic mass is 9.92. The number of benzene rings is 1. The molecule has 8 nitrogen and oxygen atoms in total. The molecule has 1 aromatic heterocycles. The lowest BCUT2D eigenvalue weighted by molar-refractivity contribution is -0.139. The number of hydrogen-bond acceptors (Lipinski definition) is 5. The molecule has 1 aliphatic carbocycles. The highest BCUT2D eigenvalue weighted by Crippen LogP contribution is 2.31. The normalized spacial score (nSPS) is 15.8. The molecule has 0 aliphatic heterocycles. The van der Waals surface area contributed by atoms with Crippen molar-refractivity contribution in [2.75, 3.05) is 13.7 Å². The van der Waals surface area contributed by atoms with E-state index < -0.39 is 12.6 Å². The van der Waals surface area contributed by atoms with Crippen LogP contribution < -0.4 is 14.8 Å². The molecule has 1 atom stereocenters. The highest BCUT2D eigenvalue weighted by Gasteiger charge is 2.25. The molecule has 2 aromatic rings. The molecule has 0 radical (unpaired) electrons. The third kappa shape index (κ3) is 3.63. The number of carboxylic acid groups (broad SMARTS) is 1. The molecule has 1 amide bonds. The van der Waals surface area contributed by atoms with Crippen LogP contribution in [-0.2, 0) is 18.3 Å². The monoisotopic (exact) mass is 359 g/mol. The molecule has 1 aliphatic rings. The molecule has 26 heavy (non-hydrogen) atoms. The average molecular weight is 359 g/mol. The fourth-order valence-corrected chi connectivity index (χ4v) is 3.17. The molecule has 1 unspecified atom stereocenters. The van der Waals surface area contributed by atoms with Crippen molar-refractivity contribution in [1.82, 2.24) is 15.1 Å². The van der Waals surface area contributed by atoms with Crippen LogP contribution in [0.4, 0.5) is 0 Å². The van der Waals surface area contributed by atoms with E-state index in [1.165, 1.54) is 13.2 Å². The second-order valence-electron chi connectivity index (χ2n) is 6.14. The lowest BCUT2D eigenvalue weighted by Gasteiger charge is -2.24. The Morgan fingerprint density at radius 1 is 1.38 bits per heavy atom. The zero-order chi connectivity index (χ0) is 18.7. The Balaban J connectivity index is 1.78.